The van der Waals surface area contributed by atoms with Gasteiger partial charge in [0.25, 0.3) is 0 Å². The first-order valence-electron chi connectivity index (χ1n) is 11.5. The number of ether oxygens (including phenoxy) is 2. The molecule has 160 valence electrons. The Morgan fingerprint density at radius 3 is 1.25 bits per heavy atom. The normalized spacial score (nSPS) is 20.2. The zero-order valence-electron chi connectivity index (χ0n) is 18.4. The molecule has 0 bridgehead atoms. The number of hydrogen-bond donors (Lipinski definition) is 0. The zero-order valence-corrected chi connectivity index (χ0v) is 18.4. The van der Waals surface area contributed by atoms with E-state index in [9.17, 15) is 9.59 Å². The van der Waals surface area contributed by atoms with Crippen LogP contribution in [-0.2, 0) is 19.1 Å². The first-order valence-corrected chi connectivity index (χ1v) is 11.5. The van der Waals surface area contributed by atoms with Crippen LogP contribution in [0.5, 0.6) is 0 Å². The van der Waals surface area contributed by atoms with Crippen molar-refractivity contribution in [3.63, 3.8) is 0 Å². The Bertz CT molecular complexity index is 487. The van der Waals surface area contributed by atoms with Gasteiger partial charge in [-0.25, -0.2) is 9.59 Å². The molecule has 2 aliphatic carbocycles. The topological polar surface area (TPSA) is 52.6 Å². The van der Waals surface area contributed by atoms with Gasteiger partial charge in [0.1, 0.15) is 0 Å². The van der Waals surface area contributed by atoms with Gasteiger partial charge in [0, 0.05) is 0 Å². The molecule has 2 fully saturated rings. The Morgan fingerprint density at radius 1 is 0.643 bits per heavy atom. The maximum absolute atomic E-state index is 13.2. The van der Waals surface area contributed by atoms with E-state index in [0.717, 1.165) is 51.4 Å². The third-order valence-electron chi connectivity index (χ3n) is 5.85. The Labute approximate surface area is 171 Å². The molecular formula is C24H40O4. The van der Waals surface area contributed by atoms with Crippen LogP contribution < -0.4 is 0 Å². The van der Waals surface area contributed by atoms with Gasteiger partial charge >= 0.3 is 11.9 Å². The smallest absolute Gasteiger partial charge is 0.334 e. The summed E-state index contributed by atoms with van der Waals surface area (Å²) in [5, 5.41) is 0. The summed E-state index contributed by atoms with van der Waals surface area (Å²) in [4.78, 5) is 26.4. The number of carbonyl (C=O) groups is 2. The van der Waals surface area contributed by atoms with Crippen molar-refractivity contribution < 1.29 is 19.1 Å². The molecule has 0 amide bonds. The van der Waals surface area contributed by atoms with Crippen LogP contribution in [0, 0.1) is 23.7 Å². The monoisotopic (exact) mass is 392 g/mol. The molecule has 0 saturated heterocycles. The lowest BCUT2D eigenvalue weighted by Crippen LogP contribution is -2.29. The largest absolute Gasteiger partial charge is 0.462 e. The molecule has 0 unspecified atom stereocenters. The summed E-state index contributed by atoms with van der Waals surface area (Å²) < 4.78 is 11.3. The third kappa shape index (κ3) is 6.93. The van der Waals surface area contributed by atoms with Crippen LogP contribution in [0.1, 0.15) is 91.9 Å². The van der Waals surface area contributed by atoms with Crippen LogP contribution in [0.15, 0.2) is 11.1 Å². The van der Waals surface area contributed by atoms with Crippen LogP contribution in [0.3, 0.4) is 0 Å². The lowest BCUT2D eigenvalue weighted by molar-refractivity contribution is -0.144. The van der Waals surface area contributed by atoms with Gasteiger partial charge in [-0.15, -0.1) is 0 Å². The molecular weight excluding hydrogens is 352 g/mol. The summed E-state index contributed by atoms with van der Waals surface area (Å²) >= 11 is 0. The highest BCUT2D eigenvalue weighted by molar-refractivity contribution is 6.01. The molecule has 0 aliphatic heterocycles. The molecule has 0 atom stereocenters. The fourth-order valence-corrected chi connectivity index (χ4v) is 4.42. The van der Waals surface area contributed by atoms with E-state index < -0.39 is 0 Å². The van der Waals surface area contributed by atoms with Crippen LogP contribution in [0.4, 0.5) is 0 Å². The Kier molecular flexibility index (Phi) is 9.53. The van der Waals surface area contributed by atoms with Crippen molar-refractivity contribution in [2.75, 3.05) is 13.2 Å². The fourth-order valence-electron chi connectivity index (χ4n) is 4.42. The van der Waals surface area contributed by atoms with Gasteiger partial charge in [-0.2, -0.15) is 0 Å². The Hall–Kier alpha value is -1.32. The van der Waals surface area contributed by atoms with Gasteiger partial charge in [0.05, 0.1) is 24.4 Å². The third-order valence-corrected chi connectivity index (χ3v) is 5.85. The van der Waals surface area contributed by atoms with E-state index in [-0.39, 0.29) is 35.6 Å². The molecule has 4 heteroatoms. The van der Waals surface area contributed by atoms with E-state index in [4.69, 9.17) is 9.47 Å². The molecule has 0 N–H and O–H groups in total. The van der Waals surface area contributed by atoms with Crippen molar-refractivity contribution in [2.45, 2.75) is 91.9 Å². The quantitative estimate of drug-likeness (QED) is 0.384. The summed E-state index contributed by atoms with van der Waals surface area (Å²) in [6, 6.07) is 0. The van der Waals surface area contributed by atoms with E-state index in [2.05, 4.69) is 0 Å². The van der Waals surface area contributed by atoms with Crippen LogP contribution in [-0.4, -0.2) is 25.2 Å². The van der Waals surface area contributed by atoms with E-state index in [1.54, 1.807) is 0 Å². The molecule has 0 heterocycles. The minimum Gasteiger partial charge on any atom is -0.462 e. The van der Waals surface area contributed by atoms with Gasteiger partial charge in [0.2, 0.25) is 0 Å². The highest BCUT2D eigenvalue weighted by atomic mass is 16.5. The molecule has 4 nitrogen and oxygen atoms in total. The number of carbonyl (C=O) groups excluding carboxylic acids is 2. The van der Waals surface area contributed by atoms with Crippen molar-refractivity contribution in [3.8, 4) is 0 Å². The van der Waals surface area contributed by atoms with Gasteiger partial charge in [0.15, 0.2) is 0 Å². The minimum absolute atomic E-state index is 0.136. The first kappa shape index (κ1) is 23.0. The number of esters is 2. The molecule has 28 heavy (non-hydrogen) atoms. The van der Waals surface area contributed by atoms with Gasteiger partial charge in [-0.05, 0) is 49.4 Å². The second kappa shape index (κ2) is 11.6. The summed E-state index contributed by atoms with van der Waals surface area (Å²) in [6.45, 7) is 8.95. The van der Waals surface area contributed by atoms with Crippen molar-refractivity contribution >= 4 is 11.9 Å². The highest BCUT2D eigenvalue weighted by Crippen LogP contribution is 2.39. The van der Waals surface area contributed by atoms with E-state index >= 15 is 0 Å². The average Bonchev–Trinajstić information content (AvgIpc) is 2.69. The molecule has 2 saturated carbocycles. The van der Waals surface area contributed by atoms with Gasteiger partial charge in [-0.1, -0.05) is 66.2 Å². The minimum atomic E-state index is -0.275. The fraction of sp³-hybridized carbons (Fsp3) is 0.833. The second-order valence-corrected chi connectivity index (χ2v) is 9.48. The molecule has 2 rings (SSSR count). The van der Waals surface area contributed by atoms with Crippen molar-refractivity contribution in [1.29, 1.82) is 0 Å². The number of hydrogen-bond acceptors (Lipinski definition) is 4. The highest BCUT2D eigenvalue weighted by Gasteiger charge is 2.35. The molecule has 0 aromatic heterocycles. The maximum atomic E-state index is 13.2. The Balaban J connectivity index is 2.39. The SMILES string of the molecule is CC(C)COC(=O)C(=C(C(=O)OCC(C)C)C1CCCCC1)C1CCCCC1. The Morgan fingerprint density at radius 2 is 0.964 bits per heavy atom. The summed E-state index contributed by atoms with van der Waals surface area (Å²) in [6.07, 6.45) is 10.8. The number of rotatable bonds is 8. The van der Waals surface area contributed by atoms with Crippen LogP contribution >= 0.6 is 0 Å². The van der Waals surface area contributed by atoms with Gasteiger partial charge in [-0.3, -0.25) is 0 Å². The standard InChI is InChI=1S/C24H40O4/c1-17(2)15-27-23(25)21(19-11-7-5-8-12-19)22(20-13-9-6-10-14-20)24(26)28-16-18(3)4/h17-20H,5-16H2,1-4H3. The average molecular weight is 393 g/mol. The summed E-state index contributed by atoms with van der Waals surface area (Å²) in [5.74, 6) is 0.282. The molecule has 0 radical (unpaired) electrons. The summed E-state index contributed by atoms with van der Waals surface area (Å²) in [7, 11) is 0. The molecule has 2 aliphatic rings. The lowest BCUT2D eigenvalue weighted by atomic mass is 9.75. The van der Waals surface area contributed by atoms with E-state index in [1.165, 1.54) is 12.8 Å². The predicted octanol–water partition coefficient (Wildman–Crippen LogP) is 5.84. The van der Waals surface area contributed by atoms with Crippen molar-refractivity contribution in [1.82, 2.24) is 0 Å². The second-order valence-electron chi connectivity index (χ2n) is 9.48. The zero-order chi connectivity index (χ0) is 20.5. The van der Waals surface area contributed by atoms with Gasteiger partial charge < -0.3 is 9.47 Å². The van der Waals surface area contributed by atoms with Crippen LogP contribution in [0.25, 0.3) is 0 Å². The first-order chi connectivity index (χ1) is 13.4. The van der Waals surface area contributed by atoms with Crippen LogP contribution in [0.2, 0.25) is 0 Å². The predicted molar refractivity (Wildman–Crippen MR) is 112 cm³/mol. The molecule has 0 aromatic rings. The maximum Gasteiger partial charge on any atom is 0.334 e. The molecule has 0 aromatic carbocycles. The summed E-state index contributed by atoms with van der Waals surface area (Å²) in [5.41, 5.74) is 1.31. The van der Waals surface area contributed by atoms with E-state index in [0.29, 0.717) is 24.4 Å². The lowest BCUT2D eigenvalue weighted by Gasteiger charge is -2.30. The van der Waals surface area contributed by atoms with Crippen molar-refractivity contribution in [2.24, 2.45) is 23.7 Å². The van der Waals surface area contributed by atoms with Crippen molar-refractivity contribution in [3.05, 3.63) is 11.1 Å². The molecule has 0 spiro atoms. The van der Waals surface area contributed by atoms with E-state index in [1.807, 2.05) is 27.7 Å².